The first-order chi connectivity index (χ1) is 0. The van der Waals surface area contributed by atoms with Gasteiger partial charge < -0.3 is 24.8 Å². The first kappa shape index (κ1) is 935. The van der Waals surface area contributed by atoms with Crippen molar-refractivity contribution in [1.82, 2.24) is 0 Å². The van der Waals surface area contributed by atoms with E-state index in [1.54, 1.807) is 0 Å². The smallest absolute Gasteiger partial charge is 1.00 e. The zero-order valence-corrected chi connectivity index (χ0v) is 52.9. The van der Waals surface area contributed by atoms with Gasteiger partial charge >= 0.3 is 37.7 Å². The Bertz CT molecular complexity index is 6.82. The van der Waals surface area contributed by atoms with Crippen LogP contribution in [0.3, 0.4) is 0 Å². The first-order valence-corrected chi connectivity index (χ1v) is 0. The molecule has 0 aromatic heterocycles. The van der Waals surface area contributed by atoms with Crippen LogP contribution in [-0.2, 0) is 0 Å². The standard InChI is InChI=1S/Ca.41ClH/h;41*1H/q+2;;;;;;;;;;;;;;;;;;;;;;;;;;;;;;;;;;;;;;;;;/p-2. The van der Waals surface area contributed by atoms with E-state index >= 15 is 0 Å². The molecule has 328 valence electrons. The van der Waals surface area contributed by atoms with Crippen molar-refractivity contribution in [2.45, 2.75) is 0 Å². The molecule has 0 N–H and O–H groups in total. The van der Waals surface area contributed by atoms with Crippen molar-refractivity contribution in [3.8, 4) is 0 Å². The molecule has 0 spiro atoms. The van der Waals surface area contributed by atoms with Crippen LogP contribution >= 0.6 is 484 Å². The summed E-state index contributed by atoms with van der Waals surface area (Å²) in [6.07, 6.45) is 0. The number of hydrogen-bond donors (Lipinski definition) is 0. The third-order valence-electron chi connectivity index (χ3n) is 0. The van der Waals surface area contributed by atoms with Gasteiger partial charge in [0.15, 0.2) is 0 Å². The van der Waals surface area contributed by atoms with Crippen LogP contribution in [0.5, 0.6) is 0 Å². The Kier molecular flexibility index (Phi) is 19700. The van der Waals surface area contributed by atoms with E-state index in [2.05, 4.69) is 0 Å². The predicted octanol–water partition coefficient (Wildman–Crippen LogP) is 10.1. The van der Waals surface area contributed by atoms with Crippen molar-refractivity contribution in [3.05, 3.63) is 0 Å². The summed E-state index contributed by atoms with van der Waals surface area (Å²) in [6.45, 7) is 0. The molecule has 0 radical (unpaired) electrons. The summed E-state index contributed by atoms with van der Waals surface area (Å²) in [5, 5.41) is 0. The maximum absolute atomic E-state index is 0. The van der Waals surface area contributed by atoms with Crippen LogP contribution in [0.25, 0.3) is 0 Å². The van der Waals surface area contributed by atoms with Gasteiger partial charge in [-0.2, -0.15) is 0 Å². The second-order valence-corrected chi connectivity index (χ2v) is 0. The molecule has 0 bridgehead atoms. The molecule has 0 unspecified atom stereocenters. The fourth-order valence-electron chi connectivity index (χ4n) is 0. The van der Waals surface area contributed by atoms with Crippen LogP contribution in [-0.4, -0.2) is 37.7 Å². The molecule has 0 atom stereocenters. The molecule has 0 nitrogen and oxygen atoms in total. The number of hydrogen-bond acceptors (Lipinski definition) is 0. The molecule has 0 aliphatic rings. The SMILES string of the molecule is Cl.Cl.Cl.Cl.Cl.Cl.Cl.Cl.Cl.Cl.Cl.Cl.Cl.Cl.Cl.Cl.Cl.Cl.Cl.Cl.Cl.Cl.Cl.Cl.Cl.Cl.Cl.Cl.Cl.Cl.Cl.Cl.Cl.Cl.Cl.Cl.Cl.Cl.Cl.[Ca+2].[Cl-].[Cl-]. The summed E-state index contributed by atoms with van der Waals surface area (Å²) in [5.74, 6) is 0. The fourth-order valence-corrected chi connectivity index (χ4v) is 0. The number of halogens is 41. The third kappa shape index (κ3) is 836. The Morgan fingerprint density at radius 3 is 0.0714 bits per heavy atom. The molecule has 0 aromatic rings. The fraction of sp³-hybridized carbons (Fsp3) is 0. The Morgan fingerprint density at radius 1 is 0.0714 bits per heavy atom. The van der Waals surface area contributed by atoms with Crippen molar-refractivity contribution in [2.24, 2.45) is 0 Å². The van der Waals surface area contributed by atoms with Gasteiger partial charge in [0.2, 0.25) is 0 Å². The van der Waals surface area contributed by atoms with Crippen molar-refractivity contribution >= 4 is 522 Å². The van der Waals surface area contributed by atoms with E-state index in [0.29, 0.717) is 0 Å². The minimum Gasteiger partial charge on any atom is -1.00 e. The zero-order chi connectivity index (χ0) is 0. The van der Waals surface area contributed by atoms with Crippen LogP contribution in [0, 0.1) is 0 Å². The normalized spacial score (nSPS) is 0. The summed E-state index contributed by atoms with van der Waals surface area (Å²) >= 11 is 0. The summed E-state index contributed by atoms with van der Waals surface area (Å²) < 4.78 is 0. The molecular weight excluding hydrogens is 1490 g/mol. The van der Waals surface area contributed by atoms with Gasteiger partial charge in [-0.25, -0.2) is 0 Å². The third-order valence-corrected chi connectivity index (χ3v) is 0. The van der Waals surface area contributed by atoms with Gasteiger partial charge in [0.05, 0.1) is 0 Å². The van der Waals surface area contributed by atoms with Crippen molar-refractivity contribution < 1.29 is 24.8 Å². The zero-order valence-electron chi connectivity index (χ0n) is 17.4. The second-order valence-electron chi connectivity index (χ2n) is 0. The Balaban J connectivity index is 0. The molecule has 0 fully saturated rings. The molecule has 0 saturated carbocycles. The van der Waals surface area contributed by atoms with Gasteiger partial charge in [0, 0.05) is 0 Å². The van der Waals surface area contributed by atoms with Crippen LogP contribution in [0.15, 0.2) is 0 Å². The van der Waals surface area contributed by atoms with E-state index in [1.165, 1.54) is 0 Å². The molecular formula is H39CaCl41. The quantitative estimate of drug-likeness (QED) is 0.212. The van der Waals surface area contributed by atoms with Gasteiger partial charge in [0.25, 0.3) is 0 Å². The number of rotatable bonds is 0. The van der Waals surface area contributed by atoms with Crippen molar-refractivity contribution in [1.29, 1.82) is 0 Å². The predicted molar refractivity (Wildman–Crippen MR) is 288 cm³/mol. The molecule has 0 heterocycles. The van der Waals surface area contributed by atoms with E-state index in [4.69, 9.17) is 0 Å². The molecule has 42 heavy (non-hydrogen) atoms. The molecule has 0 aromatic carbocycles. The summed E-state index contributed by atoms with van der Waals surface area (Å²) in [4.78, 5) is 0. The average molecular weight is 1530 g/mol. The van der Waals surface area contributed by atoms with E-state index in [9.17, 15) is 0 Å². The Morgan fingerprint density at radius 2 is 0.0714 bits per heavy atom. The average Bonchev–Trinajstić information content (AvgIpc) is 0. The van der Waals surface area contributed by atoms with Crippen molar-refractivity contribution in [3.63, 3.8) is 0 Å². The molecule has 0 aliphatic carbocycles. The Hall–Kier alpha value is 13.1. The minimum absolute atomic E-state index is 0. The maximum atomic E-state index is 0. The second kappa shape index (κ2) is 885. The van der Waals surface area contributed by atoms with E-state index in [-0.39, 0.29) is 546 Å². The van der Waals surface area contributed by atoms with Gasteiger partial charge in [-0.05, 0) is 0 Å². The van der Waals surface area contributed by atoms with Crippen LogP contribution in [0.4, 0.5) is 0 Å². The molecule has 42 heteroatoms. The van der Waals surface area contributed by atoms with Gasteiger partial charge in [-0.3, -0.25) is 0 Å². The molecule has 0 amide bonds. The van der Waals surface area contributed by atoms with Gasteiger partial charge in [0.1, 0.15) is 0 Å². The molecule has 0 rings (SSSR count). The summed E-state index contributed by atoms with van der Waals surface area (Å²) in [5.41, 5.74) is 0. The van der Waals surface area contributed by atoms with Crippen molar-refractivity contribution in [2.75, 3.05) is 0 Å². The molecule has 0 saturated heterocycles. The van der Waals surface area contributed by atoms with Crippen LogP contribution < -0.4 is 24.8 Å². The molecule has 0 aliphatic heterocycles. The monoisotopic (exact) mass is 1510 g/mol. The van der Waals surface area contributed by atoms with E-state index in [0.717, 1.165) is 0 Å². The van der Waals surface area contributed by atoms with E-state index < -0.39 is 0 Å². The van der Waals surface area contributed by atoms with Gasteiger partial charge in [-0.15, -0.1) is 484 Å². The van der Waals surface area contributed by atoms with Crippen LogP contribution in [0.1, 0.15) is 0 Å². The summed E-state index contributed by atoms with van der Waals surface area (Å²) in [7, 11) is 0. The van der Waals surface area contributed by atoms with Gasteiger partial charge in [-0.1, -0.05) is 0 Å². The first-order valence-electron chi connectivity index (χ1n) is 0. The topological polar surface area (TPSA) is 0 Å². The van der Waals surface area contributed by atoms with E-state index in [1.807, 2.05) is 0 Å². The minimum atomic E-state index is 0. The maximum Gasteiger partial charge on any atom is 2.00 e. The largest absolute Gasteiger partial charge is 2.00 e. The van der Waals surface area contributed by atoms with Crippen LogP contribution in [0.2, 0.25) is 0 Å². The Labute approximate surface area is 536 Å². The summed E-state index contributed by atoms with van der Waals surface area (Å²) in [6, 6.07) is 0.